The van der Waals surface area contributed by atoms with E-state index in [0.29, 0.717) is 18.2 Å². The summed E-state index contributed by atoms with van der Waals surface area (Å²) in [6.45, 7) is 6.82. The van der Waals surface area contributed by atoms with Crippen molar-refractivity contribution in [1.29, 1.82) is 0 Å². The van der Waals surface area contributed by atoms with E-state index in [0.717, 1.165) is 22.4 Å². The number of thioether (sulfide) groups is 1. The number of benzene rings is 2. The number of carbonyl (C=O) groups is 1. The predicted molar refractivity (Wildman–Crippen MR) is 107 cm³/mol. The van der Waals surface area contributed by atoms with Crippen LogP contribution in [-0.4, -0.2) is 43.3 Å². The highest BCUT2D eigenvalue weighted by molar-refractivity contribution is 7.99. The van der Waals surface area contributed by atoms with Crippen molar-refractivity contribution in [2.45, 2.75) is 32.5 Å². The molecular formula is C20H22FN5OS. The van der Waals surface area contributed by atoms with Gasteiger partial charge in [-0.1, -0.05) is 36.0 Å². The highest BCUT2D eigenvalue weighted by Crippen LogP contribution is 2.22. The summed E-state index contributed by atoms with van der Waals surface area (Å²) in [4.78, 5) is 14.3. The third kappa shape index (κ3) is 4.75. The van der Waals surface area contributed by atoms with Crippen LogP contribution in [0.2, 0.25) is 0 Å². The Hall–Kier alpha value is -2.74. The molecule has 1 aromatic heterocycles. The Morgan fingerprint density at radius 1 is 1.21 bits per heavy atom. The summed E-state index contributed by atoms with van der Waals surface area (Å²) in [6.07, 6.45) is 0. The van der Waals surface area contributed by atoms with Gasteiger partial charge in [0.2, 0.25) is 11.1 Å². The number of amides is 1. The number of hydrogen-bond donors (Lipinski definition) is 0. The van der Waals surface area contributed by atoms with Gasteiger partial charge in [0.05, 0.1) is 11.4 Å². The van der Waals surface area contributed by atoms with E-state index in [1.807, 2.05) is 45.0 Å². The average molecular weight is 399 g/mol. The maximum absolute atomic E-state index is 13.4. The Bertz CT molecular complexity index is 975. The predicted octanol–water partition coefficient (Wildman–Crippen LogP) is 3.56. The van der Waals surface area contributed by atoms with Crippen LogP contribution in [0.25, 0.3) is 5.69 Å². The number of aromatic nitrogens is 4. The molecule has 3 aromatic rings. The molecule has 0 unspecified atom stereocenters. The molecule has 0 aliphatic heterocycles. The molecule has 1 heterocycles. The van der Waals surface area contributed by atoms with Crippen LogP contribution in [0.5, 0.6) is 0 Å². The van der Waals surface area contributed by atoms with Crippen LogP contribution in [0.1, 0.15) is 23.6 Å². The molecule has 0 radical (unpaired) electrons. The lowest BCUT2D eigenvalue weighted by molar-refractivity contribution is -0.128. The Kier molecular flexibility index (Phi) is 6.41. The number of rotatable bonds is 7. The van der Waals surface area contributed by atoms with E-state index in [4.69, 9.17) is 0 Å². The van der Waals surface area contributed by atoms with Gasteiger partial charge in [-0.25, -0.2) is 4.39 Å². The zero-order valence-electron chi connectivity index (χ0n) is 16.1. The highest BCUT2D eigenvalue weighted by Gasteiger charge is 2.17. The summed E-state index contributed by atoms with van der Waals surface area (Å²) in [5, 5.41) is 12.5. The van der Waals surface area contributed by atoms with E-state index < -0.39 is 0 Å². The Labute approximate surface area is 167 Å². The Morgan fingerprint density at radius 2 is 2.04 bits per heavy atom. The molecule has 0 atom stereocenters. The third-order valence-electron chi connectivity index (χ3n) is 4.36. The fourth-order valence-corrected chi connectivity index (χ4v) is 3.60. The van der Waals surface area contributed by atoms with E-state index in [1.54, 1.807) is 15.6 Å². The van der Waals surface area contributed by atoms with Crippen LogP contribution in [0.15, 0.2) is 47.6 Å². The lowest BCUT2D eigenvalue weighted by atomic mass is 10.1. The fourth-order valence-electron chi connectivity index (χ4n) is 2.82. The first kappa shape index (κ1) is 20.0. The topological polar surface area (TPSA) is 63.9 Å². The average Bonchev–Trinajstić information content (AvgIpc) is 3.14. The van der Waals surface area contributed by atoms with Crippen molar-refractivity contribution in [1.82, 2.24) is 25.1 Å². The molecule has 146 valence electrons. The molecule has 0 saturated carbocycles. The zero-order chi connectivity index (χ0) is 20.1. The molecule has 0 aliphatic carbocycles. The molecular weight excluding hydrogens is 377 g/mol. The van der Waals surface area contributed by atoms with Gasteiger partial charge in [0, 0.05) is 13.1 Å². The third-order valence-corrected chi connectivity index (χ3v) is 5.26. The number of tetrazole rings is 1. The van der Waals surface area contributed by atoms with Crippen molar-refractivity contribution >= 4 is 17.7 Å². The molecule has 0 bridgehead atoms. The molecule has 3 rings (SSSR count). The van der Waals surface area contributed by atoms with Gasteiger partial charge in [-0.15, -0.1) is 5.10 Å². The van der Waals surface area contributed by atoms with Crippen LogP contribution >= 0.6 is 11.8 Å². The van der Waals surface area contributed by atoms with Crippen LogP contribution in [0.4, 0.5) is 4.39 Å². The number of nitrogens with zero attached hydrogens (tertiary/aromatic N) is 5. The van der Waals surface area contributed by atoms with Gasteiger partial charge in [-0.2, -0.15) is 4.68 Å². The number of aryl methyl sites for hydroxylation is 2. The maximum atomic E-state index is 13.4. The normalized spacial score (nSPS) is 10.9. The first-order chi connectivity index (χ1) is 13.5. The monoisotopic (exact) mass is 399 g/mol. The van der Waals surface area contributed by atoms with Gasteiger partial charge >= 0.3 is 0 Å². The van der Waals surface area contributed by atoms with Gasteiger partial charge in [-0.05, 0) is 66.1 Å². The van der Waals surface area contributed by atoms with Crippen molar-refractivity contribution in [3.8, 4) is 5.69 Å². The van der Waals surface area contributed by atoms with Crippen molar-refractivity contribution in [3.05, 3.63) is 65.0 Å². The lowest BCUT2D eigenvalue weighted by Gasteiger charge is -2.20. The molecule has 1 amide bonds. The van der Waals surface area contributed by atoms with Gasteiger partial charge in [-0.3, -0.25) is 4.79 Å². The quantitative estimate of drug-likeness (QED) is 0.569. The van der Waals surface area contributed by atoms with Crippen molar-refractivity contribution in [3.63, 3.8) is 0 Å². The number of hydrogen-bond acceptors (Lipinski definition) is 5. The van der Waals surface area contributed by atoms with Crippen LogP contribution in [-0.2, 0) is 11.3 Å². The zero-order valence-corrected chi connectivity index (χ0v) is 16.9. The molecule has 6 nitrogen and oxygen atoms in total. The minimum atomic E-state index is -0.303. The largest absolute Gasteiger partial charge is 0.338 e. The van der Waals surface area contributed by atoms with E-state index in [9.17, 15) is 9.18 Å². The minimum Gasteiger partial charge on any atom is -0.338 e. The second kappa shape index (κ2) is 8.97. The first-order valence-corrected chi connectivity index (χ1v) is 9.97. The van der Waals surface area contributed by atoms with E-state index in [1.165, 1.54) is 23.9 Å². The summed E-state index contributed by atoms with van der Waals surface area (Å²) in [5.74, 6) is -0.149. The van der Waals surface area contributed by atoms with Crippen LogP contribution in [0.3, 0.4) is 0 Å². The van der Waals surface area contributed by atoms with Crippen molar-refractivity contribution in [2.24, 2.45) is 0 Å². The summed E-state index contributed by atoms with van der Waals surface area (Å²) < 4.78 is 15.0. The molecule has 0 spiro atoms. The van der Waals surface area contributed by atoms with Crippen molar-refractivity contribution < 1.29 is 9.18 Å². The molecule has 0 aliphatic rings. The molecule has 2 aromatic carbocycles. The maximum Gasteiger partial charge on any atom is 0.233 e. The van der Waals surface area contributed by atoms with E-state index in [-0.39, 0.29) is 17.5 Å². The highest BCUT2D eigenvalue weighted by atomic mass is 32.2. The Morgan fingerprint density at radius 3 is 2.79 bits per heavy atom. The Balaban J connectivity index is 1.69. The number of carbonyl (C=O) groups excluding carboxylic acids is 1. The summed E-state index contributed by atoms with van der Waals surface area (Å²) >= 11 is 1.29. The minimum absolute atomic E-state index is 0.0488. The second-order valence-corrected chi connectivity index (χ2v) is 7.43. The molecule has 0 N–H and O–H groups in total. The summed E-state index contributed by atoms with van der Waals surface area (Å²) in [6, 6.07) is 12.4. The summed E-state index contributed by atoms with van der Waals surface area (Å²) in [7, 11) is 0. The first-order valence-electron chi connectivity index (χ1n) is 8.99. The second-order valence-electron chi connectivity index (χ2n) is 6.49. The van der Waals surface area contributed by atoms with Crippen LogP contribution < -0.4 is 0 Å². The van der Waals surface area contributed by atoms with E-state index in [2.05, 4.69) is 15.5 Å². The van der Waals surface area contributed by atoms with E-state index >= 15 is 0 Å². The molecule has 0 fully saturated rings. The SMILES string of the molecule is CCN(Cc1cccc(F)c1)C(=O)CSc1nnnn1-c1cc(C)ccc1C. The van der Waals surface area contributed by atoms with Gasteiger partial charge in [0.25, 0.3) is 0 Å². The standard InChI is InChI=1S/C20H22FN5OS/c1-4-25(12-16-6-5-7-17(21)11-16)19(27)13-28-20-22-23-24-26(20)18-10-14(2)8-9-15(18)3/h5-11H,4,12-13H2,1-3H3. The summed E-state index contributed by atoms with van der Waals surface area (Å²) in [5.41, 5.74) is 3.82. The molecule has 28 heavy (non-hydrogen) atoms. The fraction of sp³-hybridized carbons (Fsp3) is 0.300. The smallest absolute Gasteiger partial charge is 0.233 e. The molecule has 8 heteroatoms. The van der Waals surface area contributed by atoms with Gasteiger partial charge < -0.3 is 4.90 Å². The van der Waals surface area contributed by atoms with Crippen molar-refractivity contribution in [2.75, 3.05) is 12.3 Å². The lowest BCUT2D eigenvalue weighted by Crippen LogP contribution is -2.31. The van der Waals surface area contributed by atoms with Gasteiger partial charge in [0.1, 0.15) is 5.82 Å². The van der Waals surface area contributed by atoms with Crippen LogP contribution in [0, 0.1) is 19.7 Å². The number of halogens is 1. The molecule has 0 saturated heterocycles. The van der Waals surface area contributed by atoms with Gasteiger partial charge in [0.15, 0.2) is 0 Å².